The van der Waals surface area contributed by atoms with Crippen molar-refractivity contribution in [1.82, 2.24) is 9.38 Å². The first-order chi connectivity index (χ1) is 7.34. The summed E-state index contributed by atoms with van der Waals surface area (Å²) in [5.74, 6) is 0. The minimum absolute atomic E-state index is 0.154. The van der Waals surface area contributed by atoms with E-state index in [1.165, 1.54) is 0 Å². The lowest BCUT2D eigenvalue weighted by atomic mass is 10.2. The molecule has 0 aromatic carbocycles. The van der Waals surface area contributed by atoms with E-state index in [2.05, 4.69) is 4.98 Å². The van der Waals surface area contributed by atoms with Gasteiger partial charge in [0.15, 0.2) is 0 Å². The minimum atomic E-state index is 0.154. The van der Waals surface area contributed by atoms with E-state index in [9.17, 15) is 0 Å². The lowest BCUT2D eigenvalue weighted by Gasteiger charge is -2.03. The van der Waals surface area contributed by atoms with Gasteiger partial charge in [-0.1, -0.05) is 17.7 Å². The van der Waals surface area contributed by atoms with Crippen molar-refractivity contribution in [2.24, 2.45) is 0 Å². The van der Waals surface area contributed by atoms with Gasteiger partial charge in [0, 0.05) is 12.8 Å². The van der Waals surface area contributed by atoms with E-state index in [-0.39, 0.29) is 6.10 Å². The molecular formula is C11H11ClN2O. The van der Waals surface area contributed by atoms with Gasteiger partial charge in [0.2, 0.25) is 0 Å². The average Bonchev–Trinajstić information content (AvgIpc) is 2.86. The molecule has 0 spiro atoms. The lowest BCUT2D eigenvalue weighted by Crippen LogP contribution is -1.95. The monoisotopic (exact) mass is 222 g/mol. The van der Waals surface area contributed by atoms with E-state index < -0.39 is 0 Å². The fourth-order valence-corrected chi connectivity index (χ4v) is 2.17. The summed E-state index contributed by atoms with van der Waals surface area (Å²) >= 11 is 6.06. The third-order valence-electron chi connectivity index (χ3n) is 2.72. The number of pyridine rings is 1. The Hall–Kier alpha value is -1.06. The number of fused-ring (bicyclic) bond motifs is 1. The van der Waals surface area contributed by atoms with Crippen LogP contribution in [0.25, 0.3) is 5.65 Å². The number of imidazole rings is 1. The van der Waals surface area contributed by atoms with Crippen molar-refractivity contribution in [3.63, 3.8) is 0 Å². The van der Waals surface area contributed by atoms with Crippen molar-refractivity contribution in [3.05, 3.63) is 35.2 Å². The van der Waals surface area contributed by atoms with Gasteiger partial charge in [0.1, 0.15) is 16.9 Å². The smallest absolute Gasteiger partial charge is 0.138 e. The molecule has 3 heterocycles. The summed E-state index contributed by atoms with van der Waals surface area (Å²) in [6.45, 7) is 0.840. The first kappa shape index (κ1) is 9.19. The zero-order valence-corrected chi connectivity index (χ0v) is 8.94. The number of ether oxygens (including phenoxy) is 1. The summed E-state index contributed by atoms with van der Waals surface area (Å²) in [5.41, 5.74) is 1.87. The van der Waals surface area contributed by atoms with Gasteiger partial charge in [-0.15, -0.1) is 0 Å². The Morgan fingerprint density at radius 3 is 3.13 bits per heavy atom. The molecule has 1 aliphatic heterocycles. The van der Waals surface area contributed by atoms with Crippen molar-refractivity contribution in [2.45, 2.75) is 18.9 Å². The number of rotatable bonds is 1. The SMILES string of the molecule is Clc1cccc2nc(C3CCCO3)cn12. The van der Waals surface area contributed by atoms with Crippen molar-refractivity contribution in [1.29, 1.82) is 0 Å². The second-order valence-corrected chi connectivity index (χ2v) is 4.13. The molecule has 0 aliphatic carbocycles. The van der Waals surface area contributed by atoms with Crippen molar-refractivity contribution in [3.8, 4) is 0 Å². The molecule has 4 heteroatoms. The first-order valence-corrected chi connectivity index (χ1v) is 5.47. The van der Waals surface area contributed by atoms with E-state index in [1.807, 2.05) is 28.8 Å². The van der Waals surface area contributed by atoms with Gasteiger partial charge in [0.05, 0.1) is 5.69 Å². The van der Waals surface area contributed by atoms with Crippen LogP contribution in [0.2, 0.25) is 5.15 Å². The predicted molar refractivity (Wildman–Crippen MR) is 58.1 cm³/mol. The third kappa shape index (κ3) is 1.52. The minimum Gasteiger partial charge on any atom is -0.372 e. The Balaban J connectivity index is 2.09. The molecule has 1 aliphatic rings. The maximum absolute atomic E-state index is 6.06. The molecular weight excluding hydrogens is 212 g/mol. The van der Waals surface area contributed by atoms with Crippen molar-refractivity contribution >= 4 is 17.2 Å². The normalized spacial score (nSPS) is 21.3. The van der Waals surface area contributed by atoms with Crippen LogP contribution in [0.5, 0.6) is 0 Å². The molecule has 1 unspecified atom stereocenters. The van der Waals surface area contributed by atoms with Crippen LogP contribution in [0.1, 0.15) is 24.6 Å². The van der Waals surface area contributed by atoms with Crippen LogP contribution < -0.4 is 0 Å². The van der Waals surface area contributed by atoms with Crippen LogP contribution in [-0.4, -0.2) is 16.0 Å². The van der Waals surface area contributed by atoms with Gasteiger partial charge >= 0.3 is 0 Å². The molecule has 0 N–H and O–H groups in total. The molecule has 2 aromatic heterocycles. The molecule has 0 amide bonds. The second kappa shape index (κ2) is 3.51. The van der Waals surface area contributed by atoms with Gasteiger partial charge in [-0.3, -0.25) is 4.40 Å². The summed E-state index contributed by atoms with van der Waals surface area (Å²) in [6, 6.07) is 5.71. The third-order valence-corrected chi connectivity index (χ3v) is 3.03. The quantitative estimate of drug-likeness (QED) is 0.694. The highest BCUT2D eigenvalue weighted by Crippen LogP contribution is 2.28. The highest BCUT2D eigenvalue weighted by Gasteiger charge is 2.20. The van der Waals surface area contributed by atoms with Crippen LogP contribution in [0.15, 0.2) is 24.4 Å². The summed E-state index contributed by atoms with van der Waals surface area (Å²) in [7, 11) is 0. The summed E-state index contributed by atoms with van der Waals surface area (Å²) in [4.78, 5) is 4.51. The number of hydrogen-bond acceptors (Lipinski definition) is 2. The van der Waals surface area contributed by atoms with E-state index in [0.717, 1.165) is 30.8 Å². The molecule has 0 bridgehead atoms. The van der Waals surface area contributed by atoms with Crippen LogP contribution in [-0.2, 0) is 4.74 Å². The molecule has 3 rings (SSSR count). The second-order valence-electron chi connectivity index (χ2n) is 3.74. The molecule has 1 fully saturated rings. The van der Waals surface area contributed by atoms with Gasteiger partial charge < -0.3 is 4.74 Å². The predicted octanol–water partition coefficient (Wildman–Crippen LogP) is 2.84. The maximum atomic E-state index is 6.06. The summed E-state index contributed by atoms with van der Waals surface area (Å²) in [6.07, 6.45) is 4.29. The number of nitrogens with zero attached hydrogens (tertiary/aromatic N) is 2. The topological polar surface area (TPSA) is 26.5 Å². The first-order valence-electron chi connectivity index (χ1n) is 5.10. The Morgan fingerprint density at radius 1 is 1.47 bits per heavy atom. The Bertz CT molecular complexity index is 488. The largest absolute Gasteiger partial charge is 0.372 e. The lowest BCUT2D eigenvalue weighted by molar-refractivity contribution is 0.109. The summed E-state index contributed by atoms with van der Waals surface area (Å²) in [5, 5.41) is 0.684. The molecule has 15 heavy (non-hydrogen) atoms. The van der Waals surface area contributed by atoms with Gasteiger partial charge in [-0.2, -0.15) is 0 Å². The van der Waals surface area contributed by atoms with Crippen molar-refractivity contribution < 1.29 is 4.74 Å². The van der Waals surface area contributed by atoms with Gasteiger partial charge in [0.25, 0.3) is 0 Å². The molecule has 1 saturated heterocycles. The van der Waals surface area contributed by atoms with Gasteiger partial charge in [-0.25, -0.2) is 4.98 Å². The van der Waals surface area contributed by atoms with E-state index in [4.69, 9.17) is 16.3 Å². The van der Waals surface area contributed by atoms with Crippen LogP contribution in [0.3, 0.4) is 0 Å². The van der Waals surface area contributed by atoms with Crippen molar-refractivity contribution in [2.75, 3.05) is 6.61 Å². The Labute approximate surface area is 92.6 Å². The van der Waals surface area contributed by atoms with Crippen LogP contribution in [0.4, 0.5) is 0 Å². The fourth-order valence-electron chi connectivity index (χ4n) is 1.96. The van der Waals surface area contributed by atoms with E-state index >= 15 is 0 Å². The standard InChI is InChI=1S/C11H11ClN2O/c12-10-4-1-5-11-13-8(7-14(10)11)9-3-2-6-15-9/h1,4-5,7,9H,2-3,6H2. The molecule has 0 radical (unpaired) electrons. The zero-order valence-electron chi connectivity index (χ0n) is 8.19. The van der Waals surface area contributed by atoms with Crippen LogP contribution in [0, 0.1) is 0 Å². The number of aromatic nitrogens is 2. The molecule has 2 aromatic rings. The number of hydrogen-bond donors (Lipinski definition) is 0. The Morgan fingerprint density at radius 2 is 2.40 bits per heavy atom. The molecule has 1 atom stereocenters. The zero-order chi connectivity index (χ0) is 10.3. The van der Waals surface area contributed by atoms with E-state index in [1.54, 1.807) is 0 Å². The Kier molecular flexibility index (Phi) is 2.15. The molecule has 3 nitrogen and oxygen atoms in total. The molecule has 78 valence electrons. The fraction of sp³-hybridized carbons (Fsp3) is 0.364. The highest BCUT2D eigenvalue weighted by molar-refractivity contribution is 6.29. The average molecular weight is 223 g/mol. The van der Waals surface area contributed by atoms with E-state index in [0.29, 0.717) is 5.15 Å². The summed E-state index contributed by atoms with van der Waals surface area (Å²) < 4.78 is 7.48. The van der Waals surface area contributed by atoms with Crippen LogP contribution >= 0.6 is 11.6 Å². The molecule has 0 saturated carbocycles. The highest BCUT2D eigenvalue weighted by atomic mass is 35.5. The number of halogens is 1. The maximum Gasteiger partial charge on any atom is 0.138 e. The van der Waals surface area contributed by atoms with Gasteiger partial charge in [-0.05, 0) is 25.0 Å².